The molecule has 1 rings (SSSR count). The van der Waals surface area contributed by atoms with Crippen molar-refractivity contribution in [3.05, 3.63) is 24.3 Å². The van der Waals surface area contributed by atoms with E-state index in [0.717, 1.165) is 6.42 Å². The Kier molecular flexibility index (Phi) is 14.9. The highest BCUT2D eigenvalue weighted by atomic mass is 35.5. The molecule has 0 aromatic rings. The lowest BCUT2D eigenvalue weighted by Crippen LogP contribution is -1.87. The second-order valence-corrected chi connectivity index (χ2v) is 1.44. The van der Waals surface area contributed by atoms with E-state index in [1.54, 1.807) is 12.2 Å². The zero-order chi connectivity index (χ0) is 5.11. The quantitative estimate of drug-likeness (QED) is 0.591. The maximum Gasteiger partial charge on any atom is 0.178 e. The van der Waals surface area contributed by atoms with Crippen molar-refractivity contribution in [3.8, 4) is 0 Å². The number of hydrogen-bond acceptors (Lipinski definition) is 1. The molecule has 0 fully saturated rings. The van der Waals surface area contributed by atoms with Crippen molar-refractivity contribution in [2.24, 2.45) is 0 Å². The second-order valence-electron chi connectivity index (χ2n) is 1.44. The molecule has 0 saturated carbocycles. The van der Waals surface area contributed by atoms with Crippen LogP contribution < -0.4 is 0 Å². The van der Waals surface area contributed by atoms with Crippen LogP contribution in [0.3, 0.4) is 0 Å². The van der Waals surface area contributed by atoms with E-state index in [-0.39, 0.29) is 43.0 Å². The van der Waals surface area contributed by atoms with Gasteiger partial charge in [0.05, 0.1) is 0 Å². The summed E-state index contributed by atoms with van der Waals surface area (Å²) < 4.78 is 0. The van der Waals surface area contributed by atoms with Crippen LogP contribution in [0.15, 0.2) is 24.3 Å². The van der Waals surface area contributed by atoms with Gasteiger partial charge in [0.15, 0.2) is 5.78 Å². The van der Waals surface area contributed by atoms with Gasteiger partial charge < -0.3 is 0 Å². The molecule has 0 amide bonds. The van der Waals surface area contributed by atoms with E-state index in [0.29, 0.717) is 0 Å². The highest BCUT2D eigenvalue weighted by Crippen LogP contribution is 1.93. The molecule has 10 heavy (non-hydrogen) atoms. The number of ketones is 1. The topological polar surface area (TPSA) is 17.1 Å². The van der Waals surface area contributed by atoms with E-state index in [1.807, 2.05) is 12.2 Å². The standard InChI is InChI=1S/C6H6O.3ClH/c7-6-4-2-1-3-5-6;;;/h2-5H,1H2;3*1H. The molecular formula is C6H9Cl3O. The minimum absolute atomic E-state index is 0. The average Bonchev–Trinajstić information content (AvgIpc) is 1.69. The number of carbonyl (C=O) groups excluding carboxylic acids is 1. The minimum Gasteiger partial charge on any atom is -0.290 e. The van der Waals surface area contributed by atoms with Crippen LogP contribution >= 0.6 is 37.2 Å². The number of carbonyl (C=O) groups is 1. The van der Waals surface area contributed by atoms with Crippen molar-refractivity contribution in [2.75, 3.05) is 0 Å². The third-order valence-corrected chi connectivity index (χ3v) is 0.836. The molecule has 4 heteroatoms. The number of hydrogen-bond donors (Lipinski definition) is 0. The highest BCUT2D eigenvalue weighted by molar-refractivity contribution is 5.99. The third-order valence-electron chi connectivity index (χ3n) is 0.836. The smallest absolute Gasteiger partial charge is 0.178 e. The lowest BCUT2D eigenvalue weighted by molar-refractivity contribution is -0.110. The van der Waals surface area contributed by atoms with Crippen LogP contribution in [-0.2, 0) is 4.79 Å². The first kappa shape index (κ1) is 16.5. The van der Waals surface area contributed by atoms with Crippen molar-refractivity contribution in [3.63, 3.8) is 0 Å². The van der Waals surface area contributed by atoms with Gasteiger partial charge >= 0.3 is 0 Å². The number of rotatable bonds is 0. The molecule has 0 bridgehead atoms. The predicted octanol–water partition coefficient (Wildman–Crippen LogP) is 2.34. The third kappa shape index (κ3) is 6.14. The maximum absolute atomic E-state index is 10.3. The van der Waals surface area contributed by atoms with Crippen LogP contribution in [-0.4, -0.2) is 5.78 Å². The van der Waals surface area contributed by atoms with Gasteiger partial charge in [-0.25, -0.2) is 0 Å². The van der Waals surface area contributed by atoms with Gasteiger partial charge in [0.25, 0.3) is 0 Å². The summed E-state index contributed by atoms with van der Waals surface area (Å²) in [5, 5.41) is 0. The fourth-order valence-electron chi connectivity index (χ4n) is 0.503. The zero-order valence-corrected chi connectivity index (χ0v) is 7.60. The average molecular weight is 203 g/mol. The van der Waals surface area contributed by atoms with E-state index in [9.17, 15) is 4.79 Å². The van der Waals surface area contributed by atoms with Gasteiger partial charge in [0, 0.05) is 0 Å². The van der Waals surface area contributed by atoms with Crippen LogP contribution in [0.5, 0.6) is 0 Å². The van der Waals surface area contributed by atoms with E-state index in [2.05, 4.69) is 0 Å². The van der Waals surface area contributed by atoms with Crippen molar-refractivity contribution in [1.82, 2.24) is 0 Å². The van der Waals surface area contributed by atoms with Crippen LogP contribution in [0.1, 0.15) is 6.42 Å². The molecule has 0 aliphatic heterocycles. The minimum atomic E-state index is 0. The maximum atomic E-state index is 10.3. The van der Waals surface area contributed by atoms with Crippen LogP contribution in [0, 0.1) is 0 Å². The lowest BCUT2D eigenvalue weighted by atomic mass is 10.2. The summed E-state index contributed by atoms with van der Waals surface area (Å²) in [7, 11) is 0. The summed E-state index contributed by atoms with van der Waals surface area (Å²) in [5.74, 6) is 0.103. The molecule has 0 radical (unpaired) electrons. The normalized spacial score (nSPS) is 12.6. The fraction of sp³-hybridized carbons (Fsp3) is 0.167. The van der Waals surface area contributed by atoms with E-state index < -0.39 is 0 Å². The molecule has 0 heterocycles. The van der Waals surface area contributed by atoms with Crippen LogP contribution in [0.25, 0.3) is 0 Å². The molecule has 0 saturated heterocycles. The Morgan fingerprint density at radius 1 is 1.00 bits per heavy atom. The van der Waals surface area contributed by atoms with Crippen molar-refractivity contribution >= 4 is 43.0 Å². The van der Waals surface area contributed by atoms with Gasteiger partial charge in [-0.3, -0.25) is 4.79 Å². The van der Waals surface area contributed by atoms with E-state index >= 15 is 0 Å². The summed E-state index contributed by atoms with van der Waals surface area (Å²) in [5.41, 5.74) is 0. The SMILES string of the molecule is Cl.Cl.Cl.O=C1C=CCC=C1. The first-order valence-electron chi connectivity index (χ1n) is 2.26. The fourth-order valence-corrected chi connectivity index (χ4v) is 0.503. The first-order valence-corrected chi connectivity index (χ1v) is 2.26. The van der Waals surface area contributed by atoms with Gasteiger partial charge in [-0.1, -0.05) is 12.2 Å². The van der Waals surface area contributed by atoms with Gasteiger partial charge in [-0.2, -0.15) is 0 Å². The largest absolute Gasteiger partial charge is 0.290 e. The van der Waals surface area contributed by atoms with Crippen molar-refractivity contribution in [2.45, 2.75) is 6.42 Å². The Balaban J connectivity index is -0.000000163. The van der Waals surface area contributed by atoms with E-state index in [1.165, 1.54) is 0 Å². The first-order chi connectivity index (χ1) is 3.39. The molecule has 0 atom stereocenters. The summed E-state index contributed by atoms with van der Waals surface area (Å²) >= 11 is 0. The van der Waals surface area contributed by atoms with Gasteiger partial charge in [-0.15, -0.1) is 37.2 Å². The molecule has 1 aliphatic carbocycles. The Labute approximate surface area is 78.8 Å². The molecule has 1 nitrogen and oxygen atoms in total. The highest BCUT2D eigenvalue weighted by Gasteiger charge is 1.89. The molecule has 0 N–H and O–H groups in total. The van der Waals surface area contributed by atoms with E-state index in [4.69, 9.17) is 0 Å². The van der Waals surface area contributed by atoms with Gasteiger partial charge in [-0.05, 0) is 18.6 Å². The predicted molar refractivity (Wildman–Crippen MR) is 49.6 cm³/mol. The summed E-state index contributed by atoms with van der Waals surface area (Å²) in [4.78, 5) is 10.3. The van der Waals surface area contributed by atoms with Crippen molar-refractivity contribution < 1.29 is 4.79 Å². The summed E-state index contributed by atoms with van der Waals surface area (Å²) in [6.45, 7) is 0. The summed E-state index contributed by atoms with van der Waals surface area (Å²) in [6, 6.07) is 0. The molecule has 0 spiro atoms. The Bertz CT molecular complexity index is 126. The molecule has 0 aromatic carbocycles. The molecule has 1 aliphatic rings. The molecule has 60 valence electrons. The number of halogens is 3. The monoisotopic (exact) mass is 202 g/mol. The summed E-state index contributed by atoms with van der Waals surface area (Å²) in [6.07, 6.45) is 7.77. The lowest BCUT2D eigenvalue weighted by Gasteiger charge is -1.87. The Hall–Kier alpha value is 0.0200. The Morgan fingerprint density at radius 2 is 1.40 bits per heavy atom. The molecular weight excluding hydrogens is 194 g/mol. The second kappa shape index (κ2) is 9.02. The van der Waals surface area contributed by atoms with Gasteiger partial charge in [0.2, 0.25) is 0 Å². The zero-order valence-electron chi connectivity index (χ0n) is 5.15. The van der Waals surface area contributed by atoms with Gasteiger partial charge in [0.1, 0.15) is 0 Å². The van der Waals surface area contributed by atoms with Crippen LogP contribution in [0.4, 0.5) is 0 Å². The molecule has 0 aromatic heterocycles. The van der Waals surface area contributed by atoms with Crippen molar-refractivity contribution in [1.29, 1.82) is 0 Å². The van der Waals surface area contributed by atoms with Crippen LogP contribution in [0.2, 0.25) is 0 Å². The Morgan fingerprint density at radius 3 is 1.60 bits per heavy atom. The number of allylic oxidation sites excluding steroid dienone is 4. The molecule has 0 unspecified atom stereocenters.